The van der Waals surface area contributed by atoms with E-state index < -0.39 is 5.91 Å². The molecule has 1 aromatic heterocycles. The molecule has 21 heavy (non-hydrogen) atoms. The molecule has 7 nitrogen and oxygen atoms in total. The Balaban J connectivity index is 1.55. The van der Waals surface area contributed by atoms with Crippen molar-refractivity contribution in [1.82, 2.24) is 20.1 Å². The van der Waals surface area contributed by atoms with Crippen molar-refractivity contribution in [2.24, 2.45) is 5.73 Å². The average molecular weight is 289 g/mol. The van der Waals surface area contributed by atoms with Crippen LogP contribution in [-0.4, -0.2) is 71.9 Å². The Morgan fingerprint density at radius 3 is 2.57 bits per heavy atom. The molecule has 3 saturated heterocycles. The third kappa shape index (κ3) is 3.03. The molecule has 4 rings (SSSR count). The van der Waals surface area contributed by atoms with Gasteiger partial charge in [0, 0.05) is 51.5 Å². The highest BCUT2D eigenvalue weighted by atomic mass is 16.2. The van der Waals surface area contributed by atoms with Crippen LogP contribution in [-0.2, 0) is 0 Å². The van der Waals surface area contributed by atoms with Crippen LogP contribution in [0.4, 0.5) is 0 Å². The molecule has 4 heterocycles. The van der Waals surface area contributed by atoms with E-state index in [9.17, 15) is 9.59 Å². The summed E-state index contributed by atoms with van der Waals surface area (Å²) in [6.45, 7) is 6.06. The first-order valence-electron chi connectivity index (χ1n) is 7.14. The molecule has 7 heteroatoms. The number of nitrogens with zero attached hydrogens (tertiary/aromatic N) is 3. The second kappa shape index (κ2) is 5.79. The van der Waals surface area contributed by atoms with E-state index in [2.05, 4.69) is 20.1 Å². The van der Waals surface area contributed by atoms with Gasteiger partial charge in [-0.3, -0.25) is 24.4 Å². The molecule has 3 fully saturated rings. The summed E-state index contributed by atoms with van der Waals surface area (Å²) in [5.74, 6) is -0.766. The number of pyridine rings is 1. The van der Waals surface area contributed by atoms with E-state index in [0.717, 1.165) is 32.7 Å². The van der Waals surface area contributed by atoms with E-state index in [1.54, 1.807) is 6.07 Å². The minimum Gasteiger partial charge on any atom is -0.364 e. The number of aromatic nitrogens is 1. The lowest BCUT2D eigenvalue weighted by Crippen LogP contribution is -2.63. The van der Waals surface area contributed by atoms with Crippen molar-refractivity contribution in [3.05, 3.63) is 29.6 Å². The fourth-order valence-corrected chi connectivity index (χ4v) is 2.90. The molecule has 1 aromatic rings. The first-order chi connectivity index (χ1) is 10.1. The van der Waals surface area contributed by atoms with Crippen molar-refractivity contribution in [3.8, 4) is 0 Å². The zero-order chi connectivity index (χ0) is 14.8. The van der Waals surface area contributed by atoms with Crippen molar-refractivity contribution in [2.75, 3.05) is 39.3 Å². The third-order valence-electron chi connectivity index (χ3n) is 4.17. The van der Waals surface area contributed by atoms with Crippen molar-refractivity contribution < 1.29 is 9.59 Å². The number of hydrogen-bond acceptors (Lipinski definition) is 5. The van der Waals surface area contributed by atoms with Crippen molar-refractivity contribution >= 4 is 11.8 Å². The van der Waals surface area contributed by atoms with E-state index in [1.807, 2.05) is 0 Å². The second-order valence-electron chi connectivity index (χ2n) is 5.50. The van der Waals surface area contributed by atoms with Gasteiger partial charge in [-0.1, -0.05) is 0 Å². The van der Waals surface area contributed by atoms with Crippen LogP contribution in [0.25, 0.3) is 0 Å². The van der Waals surface area contributed by atoms with Crippen LogP contribution in [0.1, 0.15) is 20.8 Å². The SMILES string of the molecule is NC(=O)c1ccc(C(=O)NCC2CN3CCN2CC3)cn1. The van der Waals surface area contributed by atoms with Crippen molar-refractivity contribution in [2.45, 2.75) is 6.04 Å². The number of fused-ring (bicyclic) bond motifs is 3. The van der Waals surface area contributed by atoms with Crippen LogP contribution >= 0.6 is 0 Å². The topological polar surface area (TPSA) is 91.6 Å². The van der Waals surface area contributed by atoms with Gasteiger partial charge in [-0.05, 0) is 12.1 Å². The summed E-state index contributed by atoms with van der Waals surface area (Å²) < 4.78 is 0. The van der Waals surface area contributed by atoms with Gasteiger partial charge in [-0.15, -0.1) is 0 Å². The lowest BCUT2D eigenvalue weighted by Gasteiger charge is -2.47. The maximum atomic E-state index is 12.1. The minimum absolute atomic E-state index is 0.162. The number of primary amides is 1. The van der Waals surface area contributed by atoms with Gasteiger partial charge >= 0.3 is 0 Å². The van der Waals surface area contributed by atoms with Gasteiger partial charge in [0.05, 0.1) is 5.56 Å². The third-order valence-corrected chi connectivity index (χ3v) is 4.17. The molecular formula is C14H19N5O2. The van der Waals surface area contributed by atoms with E-state index in [4.69, 9.17) is 5.73 Å². The standard InChI is InChI=1S/C14H19N5O2/c15-13(20)12-2-1-10(7-16-12)14(21)17-8-11-9-18-3-5-19(11)6-4-18/h1-2,7,11H,3-6,8-9H2,(H2,15,20)(H,17,21). The highest BCUT2D eigenvalue weighted by molar-refractivity contribution is 5.95. The van der Waals surface area contributed by atoms with Crippen LogP contribution in [0.2, 0.25) is 0 Å². The lowest BCUT2D eigenvalue weighted by molar-refractivity contribution is 0.0138. The number of hydrogen-bond donors (Lipinski definition) is 2. The van der Waals surface area contributed by atoms with Gasteiger partial charge in [0.15, 0.2) is 0 Å². The Labute approximate surface area is 123 Å². The average Bonchev–Trinajstić information content (AvgIpc) is 2.54. The summed E-state index contributed by atoms with van der Waals surface area (Å²) >= 11 is 0. The Morgan fingerprint density at radius 1 is 1.29 bits per heavy atom. The Morgan fingerprint density at radius 2 is 2.05 bits per heavy atom. The van der Waals surface area contributed by atoms with Gasteiger partial charge < -0.3 is 11.1 Å². The fraction of sp³-hybridized carbons (Fsp3) is 0.500. The maximum Gasteiger partial charge on any atom is 0.267 e. The molecule has 2 amide bonds. The molecule has 2 bridgehead atoms. The molecule has 0 saturated carbocycles. The van der Waals surface area contributed by atoms with Crippen LogP contribution in [0.15, 0.2) is 18.3 Å². The number of nitrogens with two attached hydrogens (primary N) is 1. The largest absolute Gasteiger partial charge is 0.364 e. The molecule has 0 spiro atoms. The number of amides is 2. The maximum absolute atomic E-state index is 12.1. The number of rotatable bonds is 4. The summed E-state index contributed by atoms with van der Waals surface area (Å²) in [5, 5.41) is 2.94. The van der Waals surface area contributed by atoms with E-state index in [-0.39, 0.29) is 11.6 Å². The molecule has 1 atom stereocenters. The van der Waals surface area contributed by atoms with E-state index >= 15 is 0 Å². The predicted molar refractivity (Wildman–Crippen MR) is 76.9 cm³/mol. The lowest BCUT2D eigenvalue weighted by atomic mass is 10.1. The van der Waals surface area contributed by atoms with Crippen molar-refractivity contribution in [3.63, 3.8) is 0 Å². The molecule has 0 aromatic carbocycles. The van der Waals surface area contributed by atoms with Crippen molar-refractivity contribution in [1.29, 1.82) is 0 Å². The first-order valence-corrected chi connectivity index (χ1v) is 7.14. The first kappa shape index (κ1) is 14.0. The van der Waals surface area contributed by atoms with Crippen LogP contribution in [0.5, 0.6) is 0 Å². The molecule has 112 valence electrons. The summed E-state index contributed by atoms with van der Waals surface area (Å²) in [7, 11) is 0. The quantitative estimate of drug-likeness (QED) is 0.735. The van der Waals surface area contributed by atoms with Gasteiger partial charge in [0.25, 0.3) is 11.8 Å². The molecule has 3 N–H and O–H groups in total. The zero-order valence-electron chi connectivity index (χ0n) is 11.8. The second-order valence-corrected chi connectivity index (χ2v) is 5.50. The normalized spacial score (nSPS) is 27.3. The molecule has 3 aliphatic rings. The summed E-state index contributed by atoms with van der Waals surface area (Å²) in [6.07, 6.45) is 1.38. The fourth-order valence-electron chi connectivity index (χ4n) is 2.90. The Hall–Kier alpha value is -1.99. The molecule has 3 aliphatic heterocycles. The highest BCUT2D eigenvalue weighted by Crippen LogP contribution is 2.14. The van der Waals surface area contributed by atoms with Gasteiger partial charge in [-0.2, -0.15) is 0 Å². The minimum atomic E-state index is -0.595. The van der Waals surface area contributed by atoms with E-state index in [1.165, 1.54) is 12.3 Å². The number of piperazine rings is 3. The summed E-state index contributed by atoms with van der Waals surface area (Å²) in [4.78, 5) is 31.7. The number of carbonyl (C=O) groups excluding carboxylic acids is 2. The van der Waals surface area contributed by atoms with Crippen LogP contribution < -0.4 is 11.1 Å². The number of carbonyl (C=O) groups is 2. The summed E-state index contributed by atoms with van der Waals surface area (Å²) in [6, 6.07) is 3.42. The zero-order valence-corrected chi connectivity index (χ0v) is 11.8. The van der Waals surface area contributed by atoms with E-state index in [0.29, 0.717) is 18.2 Å². The van der Waals surface area contributed by atoms with Gasteiger partial charge in [0.2, 0.25) is 0 Å². The molecule has 1 unspecified atom stereocenters. The van der Waals surface area contributed by atoms with Crippen LogP contribution in [0, 0.1) is 0 Å². The molecular weight excluding hydrogens is 270 g/mol. The Kier molecular flexibility index (Phi) is 3.85. The molecule has 0 aliphatic carbocycles. The monoisotopic (exact) mass is 289 g/mol. The predicted octanol–water partition coefficient (Wildman–Crippen LogP) is -1.09. The highest BCUT2D eigenvalue weighted by Gasteiger charge is 2.31. The molecule has 0 radical (unpaired) electrons. The van der Waals surface area contributed by atoms with Gasteiger partial charge in [0.1, 0.15) is 5.69 Å². The van der Waals surface area contributed by atoms with Crippen LogP contribution in [0.3, 0.4) is 0 Å². The summed E-state index contributed by atoms with van der Waals surface area (Å²) in [5.41, 5.74) is 5.72. The Bertz CT molecular complexity index is 537. The van der Waals surface area contributed by atoms with Gasteiger partial charge in [-0.25, -0.2) is 0 Å². The smallest absolute Gasteiger partial charge is 0.267 e. The number of nitrogens with one attached hydrogen (secondary N) is 1.